The van der Waals surface area contributed by atoms with Crippen molar-refractivity contribution in [2.45, 2.75) is 20.4 Å². The Balaban J connectivity index is 1.76. The third kappa shape index (κ3) is 3.67. The molecule has 0 atom stereocenters. The molecule has 5 aromatic rings. The Kier molecular flexibility index (Phi) is 5.30. The Morgan fingerprint density at radius 3 is 2.44 bits per heavy atom. The molecule has 0 aliphatic rings. The first-order valence-electron chi connectivity index (χ1n) is 11.0. The Morgan fingerprint density at radius 1 is 0.971 bits per heavy atom. The normalized spacial score (nSPS) is 11.1. The van der Waals surface area contributed by atoms with Crippen LogP contribution in [0.5, 0.6) is 0 Å². The van der Waals surface area contributed by atoms with E-state index in [1.165, 1.54) is 10.5 Å². The van der Waals surface area contributed by atoms with Crippen LogP contribution >= 0.6 is 0 Å². The van der Waals surface area contributed by atoms with Crippen molar-refractivity contribution in [3.8, 4) is 5.69 Å². The molecule has 0 saturated carbocycles. The van der Waals surface area contributed by atoms with Gasteiger partial charge in [0.25, 0.3) is 11.5 Å². The molecule has 3 heterocycles. The van der Waals surface area contributed by atoms with E-state index in [1.54, 1.807) is 16.8 Å². The number of fused-ring (bicyclic) bond motifs is 2. The van der Waals surface area contributed by atoms with Gasteiger partial charge in [0.15, 0.2) is 5.65 Å². The maximum atomic E-state index is 13.5. The first-order valence-corrected chi connectivity index (χ1v) is 11.0. The number of pyridine rings is 2. The minimum absolute atomic E-state index is 0.0354. The lowest BCUT2D eigenvalue weighted by Gasteiger charge is -2.15. The predicted molar refractivity (Wildman–Crippen MR) is 131 cm³/mol. The van der Waals surface area contributed by atoms with Crippen LogP contribution < -0.4 is 16.4 Å². The summed E-state index contributed by atoms with van der Waals surface area (Å²) < 4.78 is 3.05. The van der Waals surface area contributed by atoms with Crippen LogP contribution in [0, 0.1) is 19.3 Å². The summed E-state index contributed by atoms with van der Waals surface area (Å²) in [6.45, 7) is 4.18. The molecule has 1 amide bonds. The van der Waals surface area contributed by atoms with Crippen molar-refractivity contribution in [2.75, 3.05) is 0 Å². The smallest absolute Gasteiger partial charge is 0.267 e. The van der Waals surface area contributed by atoms with E-state index in [-0.39, 0.29) is 22.0 Å². The maximum Gasteiger partial charge on any atom is 0.267 e. The first-order chi connectivity index (χ1) is 16.4. The minimum Gasteiger partial charge on any atom is -0.348 e. The van der Waals surface area contributed by atoms with Crippen LogP contribution in [0.3, 0.4) is 0 Å². The van der Waals surface area contributed by atoms with E-state index >= 15 is 0 Å². The summed E-state index contributed by atoms with van der Waals surface area (Å²) in [6.07, 6.45) is 1.66. The Bertz CT molecular complexity index is 1670. The van der Waals surface area contributed by atoms with Gasteiger partial charge in [-0.1, -0.05) is 54.1 Å². The SMILES string of the molecule is Cc1ccc(-n2c(=N)c(C(=O)NCc3ccccc3)cc3c(=O)n4cccc(C)c4nc32)cc1. The summed E-state index contributed by atoms with van der Waals surface area (Å²) in [5, 5.41) is 12.1. The summed E-state index contributed by atoms with van der Waals surface area (Å²) in [4.78, 5) is 31.4. The first kappa shape index (κ1) is 21.3. The highest BCUT2D eigenvalue weighted by molar-refractivity contribution is 5.97. The van der Waals surface area contributed by atoms with E-state index in [1.807, 2.05) is 74.5 Å². The van der Waals surface area contributed by atoms with Crippen LogP contribution in [0.25, 0.3) is 22.4 Å². The second kappa shape index (κ2) is 8.44. The molecule has 0 spiro atoms. The van der Waals surface area contributed by atoms with Crippen LogP contribution in [0.15, 0.2) is 83.8 Å². The number of hydrogen-bond acceptors (Lipinski definition) is 4. The van der Waals surface area contributed by atoms with Crippen LogP contribution in [0.4, 0.5) is 0 Å². The summed E-state index contributed by atoms with van der Waals surface area (Å²) >= 11 is 0. The van der Waals surface area contributed by atoms with Gasteiger partial charge in [0.1, 0.15) is 11.1 Å². The molecule has 168 valence electrons. The van der Waals surface area contributed by atoms with Gasteiger partial charge in [0, 0.05) is 18.4 Å². The molecule has 0 aliphatic heterocycles. The zero-order valence-corrected chi connectivity index (χ0v) is 18.9. The van der Waals surface area contributed by atoms with E-state index in [0.717, 1.165) is 16.7 Å². The van der Waals surface area contributed by atoms with Crippen molar-refractivity contribution >= 4 is 22.6 Å². The number of benzene rings is 2. The molecule has 0 fully saturated rings. The van der Waals surface area contributed by atoms with Crippen molar-refractivity contribution in [1.29, 1.82) is 5.41 Å². The fraction of sp³-hybridized carbons (Fsp3) is 0.111. The average Bonchev–Trinajstić information content (AvgIpc) is 2.85. The molecular weight excluding hydrogens is 426 g/mol. The number of aromatic nitrogens is 3. The lowest BCUT2D eigenvalue weighted by molar-refractivity contribution is 0.0949. The van der Waals surface area contributed by atoms with Gasteiger partial charge in [-0.25, -0.2) is 4.98 Å². The standard InChI is InChI=1S/C27H23N5O2/c1-17-10-12-20(13-11-17)32-23(28)21(26(33)29-16-19-8-4-3-5-9-19)15-22-25(32)30-24-18(2)7-6-14-31(24)27(22)34/h3-15,28H,16H2,1-2H3,(H,29,33). The van der Waals surface area contributed by atoms with Crippen molar-refractivity contribution in [2.24, 2.45) is 0 Å². The van der Waals surface area contributed by atoms with Gasteiger partial charge >= 0.3 is 0 Å². The van der Waals surface area contributed by atoms with Crippen LogP contribution in [-0.2, 0) is 6.54 Å². The summed E-state index contributed by atoms with van der Waals surface area (Å²) in [6, 6.07) is 22.3. The zero-order valence-electron chi connectivity index (χ0n) is 18.9. The monoisotopic (exact) mass is 449 g/mol. The zero-order chi connectivity index (χ0) is 23.8. The summed E-state index contributed by atoms with van der Waals surface area (Å²) in [5.74, 6) is -0.426. The van der Waals surface area contributed by atoms with E-state index in [4.69, 9.17) is 10.4 Å². The highest BCUT2D eigenvalue weighted by Gasteiger charge is 2.19. The minimum atomic E-state index is -0.426. The van der Waals surface area contributed by atoms with Crippen LogP contribution in [0.1, 0.15) is 27.0 Å². The number of amides is 1. The second-order valence-corrected chi connectivity index (χ2v) is 8.28. The Morgan fingerprint density at radius 2 is 1.71 bits per heavy atom. The Hall–Kier alpha value is -4.52. The largest absolute Gasteiger partial charge is 0.348 e. The molecule has 7 nitrogen and oxygen atoms in total. The molecule has 0 unspecified atom stereocenters. The molecular formula is C27H23N5O2. The van der Waals surface area contributed by atoms with Crippen molar-refractivity contribution < 1.29 is 4.79 Å². The number of rotatable bonds is 4. The molecule has 7 heteroatoms. The van der Waals surface area contributed by atoms with E-state index < -0.39 is 5.91 Å². The predicted octanol–water partition coefficient (Wildman–Crippen LogP) is 3.66. The van der Waals surface area contributed by atoms with Gasteiger partial charge in [-0.2, -0.15) is 0 Å². The van der Waals surface area contributed by atoms with Gasteiger partial charge in [0.05, 0.1) is 10.9 Å². The van der Waals surface area contributed by atoms with Gasteiger partial charge in [-0.05, 0) is 49.2 Å². The number of nitrogens with zero attached hydrogens (tertiary/aromatic N) is 3. The van der Waals surface area contributed by atoms with Crippen LogP contribution in [0.2, 0.25) is 0 Å². The van der Waals surface area contributed by atoms with Crippen molar-refractivity contribution in [1.82, 2.24) is 19.3 Å². The lowest BCUT2D eigenvalue weighted by Crippen LogP contribution is -2.34. The molecule has 3 aromatic heterocycles. The highest BCUT2D eigenvalue weighted by Crippen LogP contribution is 2.17. The van der Waals surface area contributed by atoms with E-state index in [2.05, 4.69) is 5.32 Å². The molecule has 2 N–H and O–H groups in total. The number of nitrogens with one attached hydrogen (secondary N) is 2. The van der Waals surface area contributed by atoms with Gasteiger partial charge in [0.2, 0.25) is 0 Å². The average molecular weight is 450 g/mol. The number of aryl methyl sites for hydroxylation is 2. The van der Waals surface area contributed by atoms with E-state index in [0.29, 0.717) is 23.5 Å². The molecule has 0 radical (unpaired) electrons. The van der Waals surface area contributed by atoms with Crippen molar-refractivity contribution in [3.63, 3.8) is 0 Å². The second-order valence-electron chi connectivity index (χ2n) is 8.28. The Labute approximate surface area is 195 Å². The van der Waals surface area contributed by atoms with Crippen LogP contribution in [-0.4, -0.2) is 19.9 Å². The topological polar surface area (TPSA) is 92.2 Å². The summed E-state index contributed by atoms with van der Waals surface area (Å²) in [5.41, 5.74) is 4.14. The molecule has 0 aliphatic carbocycles. The van der Waals surface area contributed by atoms with Gasteiger partial charge < -0.3 is 5.32 Å². The molecule has 0 bridgehead atoms. The maximum absolute atomic E-state index is 13.5. The lowest BCUT2D eigenvalue weighted by atomic mass is 10.1. The number of carbonyl (C=O) groups excluding carboxylic acids is 1. The summed E-state index contributed by atoms with van der Waals surface area (Å²) in [7, 11) is 0. The fourth-order valence-corrected chi connectivity index (χ4v) is 4.03. The van der Waals surface area contributed by atoms with Crippen molar-refractivity contribution in [3.05, 3.63) is 117 Å². The highest BCUT2D eigenvalue weighted by atomic mass is 16.1. The number of hydrogen-bond donors (Lipinski definition) is 2. The van der Waals surface area contributed by atoms with E-state index in [9.17, 15) is 9.59 Å². The fourth-order valence-electron chi connectivity index (χ4n) is 4.03. The quantitative estimate of drug-likeness (QED) is 0.410. The van der Waals surface area contributed by atoms with Gasteiger partial charge in [-0.3, -0.25) is 24.0 Å². The molecule has 5 rings (SSSR count). The molecule has 0 saturated heterocycles. The third-order valence-corrected chi connectivity index (χ3v) is 5.88. The molecule has 34 heavy (non-hydrogen) atoms. The third-order valence-electron chi connectivity index (χ3n) is 5.88. The molecule has 2 aromatic carbocycles. The number of carbonyl (C=O) groups is 1. The van der Waals surface area contributed by atoms with Gasteiger partial charge in [-0.15, -0.1) is 0 Å².